The van der Waals surface area contributed by atoms with Crippen LogP contribution >= 0.6 is 38.9 Å². The first-order chi connectivity index (χ1) is 22.2. The van der Waals surface area contributed by atoms with Crippen molar-refractivity contribution in [3.8, 4) is 11.5 Å². The summed E-state index contributed by atoms with van der Waals surface area (Å²) < 4.78 is 19.1. The predicted octanol–water partition coefficient (Wildman–Crippen LogP) is 5.54. The molecular weight excluding hydrogens is 694 g/mol. The van der Waals surface area contributed by atoms with Gasteiger partial charge in [-0.25, -0.2) is 9.79 Å². The Morgan fingerprint density at radius 3 is 2.50 bits per heavy atom. The minimum absolute atomic E-state index is 0.136. The molecule has 3 heterocycles. The van der Waals surface area contributed by atoms with Gasteiger partial charge in [-0.1, -0.05) is 75.3 Å². The highest BCUT2D eigenvalue weighted by atomic mass is 79.9. The molecule has 9 nitrogen and oxygen atoms in total. The molecule has 1 amide bonds. The Kier molecular flexibility index (Phi) is 8.91. The van der Waals surface area contributed by atoms with Gasteiger partial charge in [0, 0.05) is 15.1 Å². The van der Waals surface area contributed by atoms with Crippen molar-refractivity contribution in [2.24, 2.45) is 4.99 Å². The third-order valence-electron chi connectivity index (χ3n) is 7.81. The van der Waals surface area contributed by atoms with E-state index in [1.165, 1.54) is 11.7 Å². The normalized spacial score (nSPS) is 16.6. The number of para-hydroxylation sites is 1. The number of nitrogens with zero attached hydrogens (tertiary/aromatic N) is 3. The summed E-state index contributed by atoms with van der Waals surface area (Å²) in [6.45, 7) is 6.01. The predicted molar refractivity (Wildman–Crippen MR) is 180 cm³/mol. The van der Waals surface area contributed by atoms with Crippen LogP contribution in [0.15, 0.2) is 86.2 Å². The van der Waals surface area contributed by atoms with Gasteiger partial charge in [0.25, 0.3) is 11.5 Å². The highest BCUT2D eigenvalue weighted by molar-refractivity contribution is 9.10. The van der Waals surface area contributed by atoms with Crippen molar-refractivity contribution >= 4 is 62.0 Å². The third kappa shape index (κ3) is 5.36. The fourth-order valence-corrected chi connectivity index (χ4v) is 7.65. The number of carbonyl (C=O) groups excluding carboxylic acids is 2. The lowest BCUT2D eigenvalue weighted by Gasteiger charge is -2.26. The highest BCUT2D eigenvalue weighted by Crippen LogP contribution is 2.41. The zero-order chi connectivity index (χ0) is 32.7. The van der Waals surface area contributed by atoms with Crippen molar-refractivity contribution in [2.45, 2.75) is 33.4 Å². The van der Waals surface area contributed by atoms with Crippen LogP contribution in [0.2, 0.25) is 5.02 Å². The molecule has 1 atom stereocenters. The van der Waals surface area contributed by atoms with E-state index in [2.05, 4.69) is 15.9 Å². The average Bonchev–Trinajstić information content (AvgIpc) is 3.50. The van der Waals surface area contributed by atoms with E-state index < -0.39 is 17.6 Å². The summed E-state index contributed by atoms with van der Waals surface area (Å²) in [7, 11) is 1.54. The number of esters is 1. The molecular formula is C34H29BrClN3O6S. The number of amides is 1. The molecule has 0 saturated heterocycles. The molecule has 1 aromatic heterocycles. The maximum atomic E-state index is 14.6. The summed E-state index contributed by atoms with van der Waals surface area (Å²) in [5.41, 5.74) is 3.07. The monoisotopic (exact) mass is 721 g/mol. The molecule has 0 fully saturated rings. The van der Waals surface area contributed by atoms with Crippen LogP contribution in [-0.2, 0) is 20.9 Å². The van der Waals surface area contributed by atoms with Gasteiger partial charge in [0.1, 0.15) is 4.53 Å². The van der Waals surface area contributed by atoms with Crippen molar-refractivity contribution in [1.29, 1.82) is 0 Å². The number of benzene rings is 3. The molecule has 0 spiro atoms. The van der Waals surface area contributed by atoms with Gasteiger partial charge in [0.2, 0.25) is 0 Å². The standard InChI is InChI=1S/C34H29BrClN3O6S/c1-5-44-26-15-21(22(35)16-25(26)43-4)29-27(33(42)45-6-2)18(3)37-34-39(29)32(41)30(46-34)28-20-12-8-10-14-24(20)38(31(28)40)17-19-11-7-9-13-23(19)36/h7-16,29H,5-6,17H2,1-4H3/b30-28+/t29-/m1/s1. The van der Waals surface area contributed by atoms with Crippen LogP contribution < -0.4 is 29.3 Å². The van der Waals surface area contributed by atoms with Crippen molar-refractivity contribution in [3.63, 3.8) is 0 Å². The Balaban J connectivity index is 1.61. The highest BCUT2D eigenvalue weighted by Gasteiger charge is 2.38. The Bertz CT molecular complexity index is 2120. The number of halogens is 2. The van der Waals surface area contributed by atoms with E-state index in [0.29, 0.717) is 54.9 Å². The number of hydrogen-bond acceptors (Lipinski definition) is 8. The zero-order valence-corrected chi connectivity index (χ0v) is 28.6. The van der Waals surface area contributed by atoms with Gasteiger partial charge in [-0.05, 0) is 56.2 Å². The second kappa shape index (κ2) is 12.9. The van der Waals surface area contributed by atoms with Crippen molar-refractivity contribution in [2.75, 3.05) is 25.2 Å². The largest absolute Gasteiger partial charge is 0.493 e. The minimum Gasteiger partial charge on any atom is -0.493 e. The maximum absolute atomic E-state index is 14.6. The van der Waals surface area contributed by atoms with Crippen LogP contribution in [0.1, 0.15) is 43.5 Å². The van der Waals surface area contributed by atoms with E-state index in [0.717, 1.165) is 16.9 Å². The van der Waals surface area contributed by atoms with Crippen LogP contribution in [-0.4, -0.2) is 36.8 Å². The Hall–Kier alpha value is -4.19. The first-order valence-electron chi connectivity index (χ1n) is 14.6. The van der Waals surface area contributed by atoms with E-state index in [4.69, 9.17) is 30.8 Å². The van der Waals surface area contributed by atoms with Gasteiger partial charge in [-0.3, -0.25) is 14.2 Å². The van der Waals surface area contributed by atoms with Crippen molar-refractivity contribution in [1.82, 2.24) is 4.57 Å². The molecule has 6 rings (SSSR count). The summed E-state index contributed by atoms with van der Waals surface area (Å²) in [4.78, 5) is 49.0. The molecule has 2 aliphatic rings. The van der Waals surface area contributed by atoms with Gasteiger partial charge in [0.05, 0.1) is 55.4 Å². The third-order valence-corrected chi connectivity index (χ3v) is 9.92. The Morgan fingerprint density at radius 1 is 1.04 bits per heavy atom. The molecule has 0 N–H and O–H groups in total. The van der Waals surface area contributed by atoms with E-state index in [1.54, 1.807) is 36.9 Å². The second-order valence-corrected chi connectivity index (χ2v) is 12.7. The van der Waals surface area contributed by atoms with Gasteiger partial charge in [-0.15, -0.1) is 0 Å². The molecule has 0 aliphatic carbocycles. The summed E-state index contributed by atoms with van der Waals surface area (Å²) in [6.07, 6.45) is 0. The number of allylic oxidation sites excluding steroid dienone is 1. The molecule has 46 heavy (non-hydrogen) atoms. The molecule has 236 valence electrons. The van der Waals surface area contributed by atoms with Gasteiger partial charge < -0.3 is 19.1 Å². The number of methoxy groups -OCH3 is 1. The number of ether oxygens (including phenoxy) is 3. The van der Waals surface area contributed by atoms with Crippen LogP contribution in [0.3, 0.4) is 0 Å². The van der Waals surface area contributed by atoms with E-state index in [1.807, 2.05) is 49.4 Å². The van der Waals surface area contributed by atoms with E-state index >= 15 is 0 Å². The summed E-state index contributed by atoms with van der Waals surface area (Å²) in [5, 5.41) is 0.541. The Morgan fingerprint density at radius 2 is 1.78 bits per heavy atom. The van der Waals surface area contributed by atoms with Crippen LogP contribution in [0.25, 0.3) is 5.57 Å². The molecule has 12 heteroatoms. The number of thiazole rings is 1. The second-order valence-electron chi connectivity index (χ2n) is 10.5. The lowest BCUT2D eigenvalue weighted by molar-refractivity contribution is -0.139. The molecule has 4 aromatic rings. The molecule has 0 unspecified atom stereocenters. The SMILES string of the molecule is CCOC(=O)C1=C(C)N=c2s/c(=C3/C(=O)N(Cc4ccccc4Cl)c4ccccc43)c(=O)n2[C@@H]1c1cc(OCC)c(OC)cc1Br. The summed E-state index contributed by atoms with van der Waals surface area (Å²) in [5.74, 6) is 0.00693. The number of carbonyl (C=O) groups is 2. The maximum Gasteiger partial charge on any atom is 0.338 e. The van der Waals surface area contributed by atoms with Gasteiger partial charge >= 0.3 is 5.97 Å². The molecule has 0 radical (unpaired) electrons. The number of anilines is 1. The molecule has 0 saturated carbocycles. The fraction of sp³-hybridized carbons (Fsp3) is 0.235. The fourth-order valence-electron chi connectivity index (χ4n) is 5.78. The van der Waals surface area contributed by atoms with Crippen LogP contribution in [0, 0.1) is 0 Å². The lowest BCUT2D eigenvalue weighted by atomic mass is 9.95. The number of aromatic nitrogens is 1. The molecule has 2 aliphatic heterocycles. The van der Waals surface area contributed by atoms with Gasteiger partial charge in [0.15, 0.2) is 16.3 Å². The van der Waals surface area contributed by atoms with Crippen LogP contribution in [0.5, 0.6) is 11.5 Å². The number of hydrogen-bond donors (Lipinski definition) is 0. The quantitative estimate of drug-likeness (QED) is 0.222. The average molecular weight is 723 g/mol. The summed E-state index contributed by atoms with van der Waals surface area (Å²) in [6, 6.07) is 17.3. The lowest BCUT2D eigenvalue weighted by Crippen LogP contribution is -2.41. The van der Waals surface area contributed by atoms with E-state index in [9.17, 15) is 14.4 Å². The molecule has 0 bridgehead atoms. The van der Waals surface area contributed by atoms with Crippen molar-refractivity contribution < 1.29 is 23.8 Å². The number of rotatable bonds is 8. The van der Waals surface area contributed by atoms with Crippen molar-refractivity contribution in [3.05, 3.63) is 118 Å². The topological polar surface area (TPSA) is 99.4 Å². The zero-order valence-electron chi connectivity index (χ0n) is 25.4. The molecule has 3 aromatic carbocycles. The van der Waals surface area contributed by atoms with Crippen LogP contribution in [0.4, 0.5) is 5.69 Å². The van der Waals surface area contributed by atoms with E-state index in [-0.39, 0.29) is 34.7 Å². The first kappa shape index (κ1) is 31.8. The summed E-state index contributed by atoms with van der Waals surface area (Å²) >= 11 is 11.2. The minimum atomic E-state index is -0.935. The smallest absolute Gasteiger partial charge is 0.338 e. The Labute approximate surface area is 282 Å². The number of fused-ring (bicyclic) bond motifs is 2. The van der Waals surface area contributed by atoms with Gasteiger partial charge in [-0.2, -0.15) is 0 Å². The first-order valence-corrected chi connectivity index (χ1v) is 16.6.